The van der Waals surface area contributed by atoms with Gasteiger partial charge >= 0.3 is 0 Å². The van der Waals surface area contributed by atoms with Crippen LogP contribution in [0.5, 0.6) is 0 Å². The minimum atomic E-state index is 1.08. The van der Waals surface area contributed by atoms with Crippen LogP contribution in [0.2, 0.25) is 0 Å². The van der Waals surface area contributed by atoms with E-state index in [4.69, 9.17) is 0 Å². The molecule has 0 N–H and O–H groups in total. The van der Waals surface area contributed by atoms with E-state index in [1.165, 1.54) is 139 Å². The SMILES string of the molecule is Cc1ccc(-c2ccc(N(c3ccc(-c4ccc(C)cc4C)cc3)c3cc(C)c(N(c4cc(C)c(N(c5ccc(-c6ccc(C)cc6C)cc5)c5ccc(-c6ccc(C)cc6C)cc5)cc4C)c4cc(C)c(N(c5ccc(-c6ccc(C)cc6C)cc5)c5ccc(-c6ccc(C)cc6C)c(C)c5)cc4C)cc3C)cc2)c(C)c1. The molecule has 0 spiro atoms. The first-order valence-corrected chi connectivity index (χ1v) is 39.9. The Morgan fingerprint density at radius 1 is 0.124 bits per heavy atom. The maximum atomic E-state index is 2.57. The monoisotopic (exact) mass is 1470 g/mol. The second-order valence-electron chi connectivity index (χ2n) is 32.3. The molecule has 560 valence electrons. The summed E-state index contributed by atoms with van der Waals surface area (Å²) in [5.74, 6) is 0. The topological polar surface area (TPSA) is 13.0 Å². The number of aryl methyl sites for hydroxylation is 19. The summed E-state index contributed by atoms with van der Waals surface area (Å²) < 4.78 is 0. The highest BCUT2D eigenvalue weighted by Gasteiger charge is 2.28. The van der Waals surface area contributed by atoms with Crippen molar-refractivity contribution in [1.82, 2.24) is 0 Å². The summed E-state index contributed by atoms with van der Waals surface area (Å²) in [6, 6.07) is 108. The molecular weight excluding hydrogens is 1370 g/mol. The van der Waals surface area contributed by atoms with Gasteiger partial charge in [-0.15, -0.1) is 0 Å². The van der Waals surface area contributed by atoms with Crippen molar-refractivity contribution in [3.8, 4) is 66.8 Å². The minimum Gasteiger partial charge on any atom is -0.310 e. The van der Waals surface area contributed by atoms with Crippen LogP contribution in [0.4, 0.5) is 68.2 Å². The fourth-order valence-electron chi connectivity index (χ4n) is 17.3. The third-order valence-electron chi connectivity index (χ3n) is 23.2. The van der Waals surface area contributed by atoms with Crippen LogP contribution in [-0.2, 0) is 0 Å². The molecule has 0 fully saturated rings. The smallest absolute Gasteiger partial charge is 0.0495 e. The van der Waals surface area contributed by atoms with Crippen LogP contribution in [0.15, 0.2) is 285 Å². The van der Waals surface area contributed by atoms with Gasteiger partial charge in [0, 0.05) is 68.2 Å². The second kappa shape index (κ2) is 31.3. The molecule has 0 bridgehead atoms. The molecule has 4 heteroatoms. The predicted octanol–water partition coefficient (Wildman–Crippen LogP) is 31.4. The molecule has 15 aromatic rings. The van der Waals surface area contributed by atoms with Gasteiger partial charge in [-0.3, -0.25) is 0 Å². The van der Waals surface area contributed by atoms with Crippen LogP contribution < -0.4 is 19.6 Å². The Kier molecular flexibility index (Phi) is 21.1. The first-order chi connectivity index (χ1) is 54.3. The normalized spacial score (nSPS) is 11.3. The largest absolute Gasteiger partial charge is 0.310 e. The highest BCUT2D eigenvalue weighted by Crippen LogP contribution is 2.51. The van der Waals surface area contributed by atoms with E-state index < -0.39 is 0 Å². The third-order valence-corrected chi connectivity index (χ3v) is 23.2. The maximum absolute atomic E-state index is 2.57. The lowest BCUT2D eigenvalue weighted by atomic mass is 9.94. The molecule has 0 aliphatic heterocycles. The van der Waals surface area contributed by atoms with E-state index >= 15 is 0 Å². The number of benzene rings is 15. The van der Waals surface area contributed by atoms with Gasteiger partial charge in [0.05, 0.1) is 0 Å². The van der Waals surface area contributed by atoms with Gasteiger partial charge in [-0.1, -0.05) is 209 Å². The second-order valence-corrected chi connectivity index (χ2v) is 32.3. The highest BCUT2D eigenvalue weighted by atomic mass is 15.2. The van der Waals surface area contributed by atoms with Crippen molar-refractivity contribution in [1.29, 1.82) is 0 Å². The standard InChI is InChI=1S/C109H104N4/c1-67-20-47-97(73(7)54-67)86-26-36-91(37-27-86)110(92-38-28-87(29-39-92)98-48-21-68(2)55-74(98)8)104-61-83(17)107(64-80(104)14)113(108-65-81(15)105(62-84(108)18)111(93-40-30-88(31-41-93)99-49-22-69(3)56-75(99)9)94-42-32-89(33-43-94)100-50-23-70(4)57-76(100)10)109-66-82(16)106(63-85(109)19)112(95-44-34-90(35-45-95)101-51-24-71(5)58-77(101)11)96-46-53-103(79(13)60-96)102-52-25-72(6)59-78(102)12/h20-66H,1-19H3. The molecule has 0 saturated heterocycles. The maximum Gasteiger partial charge on any atom is 0.0495 e. The molecule has 0 aliphatic rings. The molecule has 0 unspecified atom stereocenters. The molecule has 0 aliphatic carbocycles. The summed E-state index contributed by atoms with van der Waals surface area (Å²) in [5, 5.41) is 0. The van der Waals surface area contributed by atoms with E-state index in [0.717, 1.165) is 102 Å². The lowest BCUT2D eigenvalue weighted by Gasteiger charge is -2.35. The van der Waals surface area contributed by atoms with Crippen molar-refractivity contribution >= 4 is 68.2 Å². The fraction of sp³-hybridized carbons (Fsp3) is 0.174. The number of hydrogen-bond donors (Lipinski definition) is 0. The van der Waals surface area contributed by atoms with Crippen LogP contribution in [0.25, 0.3) is 66.8 Å². The van der Waals surface area contributed by atoms with Crippen molar-refractivity contribution in [2.24, 2.45) is 0 Å². The van der Waals surface area contributed by atoms with Crippen molar-refractivity contribution < 1.29 is 0 Å². The predicted molar refractivity (Wildman–Crippen MR) is 488 cm³/mol. The third kappa shape index (κ3) is 15.3. The molecule has 0 amide bonds. The Hall–Kier alpha value is -12.5. The minimum absolute atomic E-state index is 1.08. The number of hydrogen-bond acceptors (Lipinski definition) is 4. The van der Waals surface area contributed by atoms with Gasteiger partial charge in [-0.05, 0) is 380 Å². The summed E-state index contributed by atoms with van der Waals surface area (Å²) in [7, 11) is 0. The summed E-state index contributed by atoms with van der Waals surface area (Å²) in [6.45, 7) is 42.4. The van der Waals surface area contributed by atoms with Crippen LogP contribution in [0.1, 0.15) is 106 Å². The first kappa shape index (κ1) is 75.9. The summed E-state index contributed by atoms with van der Waals surface area (Å²) in [5.41, 5.74) is 51.1. The molecule has 0 atom stereocenters. The molecule has 4 nitrogen and oxygen atoms in total. The van der Waals surface area contributed by atoms with Crippen LogP contribution >= 0.6 is 0 Å². The molecule has 113 heavy (non-hydrogen) atoms. The molecule has 0 saturated carbocycles. The van der Waals surface area contributed by atoms with Crippen LogP contribution in [0.3, 0.4) is 0 Å². The fourth-order valence-corrected chi connectivity index (χ4v) is 17.3. The zero-order chi connectivity index (χ0) is 79.4. The Bertz CT molecular complexity index is 5690. The van der Waals surface area contributed by atoms with Crippen molar-refractivity contribution in [2.75, 3.05) is 19.6 Å². The van der Waals surface area contributed by atoms with Gasteiger partial charge in [-0.2, -0.15) is 0 Å². The Balaban J connectivity index is 0.913. The van der Waals surface area contributed by atoms with Crippen molar-refractivity contribution in [2.45, 2.75) is 132 Å². The number of anilines is 12. The zero-order valence-corrected chi connectivity index (χ0v) is 69.4. The lowest BCUT2D eigenvalue weighted by Crippen LogP contribution is -2.18. The quantitative estimate of drug-likeness (QED) is 0.0849. The van der Waals surface area contributed by atoms with E-state index in [1.54, 1.807) is 0 Å². The molecule has 0 radical (unpaired) electrons. The van der Waals surface area contributed by atoms with Gasteiger partial charge in [0.2, 0.25) is 0 Å². The Labute approximate surface area is 672 Å². The van der Waals surface area contributed by atoms with Gasteiger partial charge in [0.1, 0.15) is 0 Å². The Morgan fingerprint density at radius 3 is 0.478 bits per heavy atom. The van der Waals surface area contributed by atoms with Gasteiger partial charge < -0.3 is 19.6 Å². The lowest BCUT2D eigenvalue weighted by molar-refractivity contribution is 1.15. The van der Waals surface area contributed by atoms with Crippen LogP contribution in [-0.4, -0.2) is 0 Å². The molecule has 15 rings (SSSR count). The summed E-state index contributed by atoms with van der Waals surface area (Å²) in [6.07, 6.45) is 0. The van der Waals surface area contributed by atoms with Gasteiger partial charge in [0.25, 0.3) is 0 Å². The highest BCUT2D eigenvalue weighted by molar-refractivity contribution is 5.93. The Morgan fingerprint density at radius 2 is 0.283 bits per heavy atom. The number of nitrogens with zero attached hydrogens (tertiary/aromatic N) is 4. The van der Waals surface area contributed by atoms with E-state index in [-0.39, 0.29) is 0 Å². The van der Waals surface area contributed by atoms with E-state index in [1.807, 2.05) is 0 Å². The zero-order valence-electron chi connectivity index (χ0n) is 69.4. The van der Waals surface area contributed by atoms with Gasteiger partial charge in [-0.25, -0.2) is 0 Å². The molecule has 0 heterocycles. The molecular formula is C109H104N4. The van der Waals surface area contributed by atoms with Gasteiger partial charge in [0.15, 0.2) is 0 Å². The average molecular weight is 1470 g/mol. The summed E-state index contributed by atoms with van der Waals surface area (Å²) in [4.78, 5) is 9.96. The molecule has 0 aromatic heterocycles. The van der Waals surface area contributed by atoms with E-state index in [9.17, 15) is 0 Å². The molecule has 15 aromatic carbocycles. The van der Waals surface area contributed by atoms with Crippen molar-refractivity contribution in [3.63, 3.8) is 0 Å². The van der Waals surface area contributed by atoms with Crippen LogP contribution in [0, 0.1) is 132 Å². The summed E-state index contributed by atoms with van der Waals surface area (Å²) >= 11 is 0. The average Bonchev–Trinajstić information content (AvgIpc) is 0.746. The van der Waals surface area contributed by atoms with E-state index in [2.05, 4.69) is 436 Å². The first-order valence-electron chi connectivity index (χ1n) is 39.9. The van der Waals surface area contributed by atoms with Crippen molar-refractivity contribution in [3.05, 3.63) is 391 Å². The van der Waals surface area contributed by atoms with E-state index in [0.29, 0.717) is 0 Å². The number of rotatable bonds is 18.